The lowest BCUT2D eigenvalue weighted by molar-refractivity contribution is 0.0949. The molecule has 0 saturated carbocycles. The van der Waals surface area contributed by atoms with Crippen LogP contribution in [0.2, 0.25) is 0 Å². The van der Waals surface area contributed by atoms with E-state index in [0.29, 0.717) is 18.2 Å². The van der Waals surface area contributed by atoms with Gasteiger partial charge in [0.2, 0.25) is 5.95 Å². The Morgan fingerprint density at radius 3 is 2.54 bits per heavy atom. The first-order chi connectivity index (χ1) is 13.5. The number of aryl methyl sites for hydroxylation is 2. The van der Waals surface area contributed by atoms with Gasteiger partial charge in [-0.2, -0.15) is 0 Å². The van der Waals surface area contributed by atoms with Crippen LogP contribution in [0.4, 0.5) is 11.6 Å². The Morgan fingerprint density at radius 2 is 1.82 bits per heavy atom. The predicted octanol–water partition coefficient (Wildman–Crippen LogP) is 3.82. The number of nitrogens with zero attached hydrogens (tertiary/aromatic N) is 2. The molecule has 0 aliphatic heterocycles. The van der Waals surface area contributed by atoms with Crippen molar-refractivity contribution in [2.45, 2.75) is 20.3 Å². The number of rotatable bonds is 7. The molecule has 3 rings (SSSR count). The fraction of sp³-hybridized carbons (Fsp3) is 0.227. The van der Waals surface area contributed by atoms with Crippen molar-refractivity contribution < 1.29 is 9.53 Å². The van der Waals surface area contributed by atoms with Crippen LogP contribution in [0.1, 0.15) is 27.2 Å². The average Bonchev–Trinajstić information content (AvgIpc) is 2.71. The maximum absolute atomic E-state index is 12.4. The Hall–Kier alpha value is -3.41. The third-order valence-corrected chi connectivity index (χ3v) is 4.51. The van der Waals surface area contributed by atoms with Gasteiger partial charge in [-0.25, -0.2) is 9.97 Å². The van der Waals surface area contributed by atoms with E-state index >= 15 is 0 Å². The Balaban J connectivity index is 1.57. The zero-order valence-electron chi connectivity index (χ0n) is 16.3. The van der Waals surface area contributed by atoms with Crippen LogP contribution in [0, 0.1) is 13.8 Å². The fourth-order valence-corrected chi connectivity index (χ4v) is 2.70. The molecule has 0 radical (unpaired) electrons. The molecule has 6 heteroatoms. The molecular weight excluding hydrogens is 352 g/mol. The van der Waals surface area contributed by atoms with Crippen LogP contribution in [-0.4, -0.2) is 29.5 Å². The summed E-state index contributed by atoms with van der Waals surface area (Å²) in [6.45, 7) is 4.63. The molecular formula is C22H24N4O2. The molecule has 2 N–H and O–H groups in total. The molecule has 0 spiro atoms. The van der Waals surface area contributed by atoms with E-state index in [1.165, 1.54) is 11.1 Å². The summed E-state index contributed by atoms with van der Waals surface area (Å²) in [6.07, 6.45) is 2.31. The number of ether oxygens (including phenoxy) is 1. The maximum Gasteiger partial charge on any atom is 0.270 e. The van der Waals surface area contributed by atoms with E-state index < -0.39 is 0 Å². The number of methoxy groups -OCH3 is 1. The number of carbonyl (C=O) groups excluding carboxylic acids is 1. The van der Waals surface area contributed by atoms with Gasteiger partial charge in [-0.05, 0) is 67.3 Å². The maximum atomic E-state index is 12.4. The van der Waals surface area contributed by atoms with Crippen LogP contribution >= 0.6 is 0 Å². The summed E-state index contributed by atoms with van der Waals surface area (Å²) in [6, 6.07) is 15.4. The van der Waals surface area contributed by atoms with Crippen LogP contribution in [0.25, 0.3) is 0 Å². The van der Waals surface area contributed by atoms with Crippen LogP contribution in [0.15, 0.2) is 54.7 Å². The number of nitrogens with one attached hydrogen (secondary N) is 2. The lowest BCUT2D eigenvalue weighted by Crippen LogP contribution is -2.26. The third kappa shape index (κ3) is 5.07. The van der Waals surface area contributed by atoms with E-state index in [0.717, 1.165) is 23.4 Å². The van der Waals surface area contributed by atoms with Crippen molar-refractivity contribution >= 4 is 17.5 Å². The standard InChI is InChI=1S/C22H24N4O2/c1-15-4-7-18(14-16(15)2)25-22-24-13-11-20(26-22)21(27)23-12-10-17-5-8-19(28-3)9-6-17/h4-9,11,13-14H,10,12H2,1-3H3,(H,23,27)(H,24,25,26). The zero-order valence-corrected chi connectivity index (χ0v) is 16.3. The lowest BCUT2D eigenvalue weighted by Gasteiger charge is -2.09. The second-order valence-electron chi connectivity index (χ2n) is 6.54. The minimum absolute atomic E-state index is 0.223. The Labute approximate surface area is 165 Å². The molecule has 2 aromatic carbocycles. The Kier molecular flexibility index (Phi) is 6.22. The second-order valence-corrected chi connectivity index (χ2v) is 6.54. The van der Waals surface area contributed by atoms with Gasteiger partial charge in [0.05, 0.1) is 7.11 Å². The highest BCUT2D eigenvalue weighted by atomic mass is 16.5. The number of aromatic nitrogens is 2. The van der Waals surface area contributed by atoms with E-state index in [2.05, 4.69) is 27.5 Å². The van der Waals surface area contributed by atoms with Gasteiger partial charge in [-0.3, -0.25) is 4.79 Å². The number of hydrogen-bond acceptors (Lipinski definition) is 5. The van der Waals surface area contributed by atoms with Gasteiger partial charge in [0.15, 0.2) is 0 Å². The largest absolute Gasteiger partial charge is 0.497 e. The molecule has 28 heavy (non-hydrogen) atoms. The fourth-order valence-electron chi connectivity index (χ4n) is 2.70. The Morgan fingerprint density at radius 1 is 1.04 bits per heavy atom. The molecule has 0 aliphatic carbocycles. The van der Waals surface area contributed by atoms with Gasteiger partial charge < -0.3 is 15.4 Å². The summed E-state index contributed by atoms with van der Waals surface area (Å²) in [5.74, 6) is 0.989. The molecule has 0 atom stereocenters. The molecule has 1 heterocycles. The van der Waals surface area contributed by atoms with Crippen molar-refractivity contribution in [3.8, 4) is 5.75 Å². The molecule has 0 fully saturated rings. The lowest BCUT2D eigenvalue weighted by atomic mass is 10.1. The topological polar surface area (TPSA) is 76.1 Å². The van der Waals surface area contributed by atoms with Gasteiger partial charge in [0, 0.05) is 18.4 Å². The molecule has 0 unspecified atom stereocenters. The smallest absolute Gasteiger partial charge is 0.270 e. The molecule has 1 amide bonds. The van der Waals surface area contributed by atoms with Crippen LogP contribution in [0.5, 0.6) is 5.75 Å². The summed E-state index contributed by atoms with van der Waals surface area (Å²) in [4.78, 5) is 20.9. The van der Waals surface area contributed by atoms with Gasteiger partial charge in [0.25, 0.3) is 5.91 Å². The summed E-state index contributed by atoms with van der Waals surface area (Å²) in [5, 5.41) is 6.04. The molecule has 1 aromatic heterocycles. The second kappa shape index (κ2) is 8.99. The van der Waals surface area contributed by atoms with E-state index in [1.54, 1.807) is 19.4 Å². The van der Waals surface area contributed by atoms with Crippen molar-refractivity contribution in [3.05, 3.63) is 77.1 Å². The third-order valence-electron chi connectivity index (χ3n) is 4.51. The average molecular weight is 376 g/mol. The first kappa shape index (κ1) is 19.4. The van der Waals surface area contributed by atoms with Crippen molar-refractivity contribution in [2.75, 3.05) is 19.0 Å². The first-order valence-electron chi connectivity index (χ1n) is 9.13. The van der Waals surface area contributed by atoms with Gasteiger partial charge in [0.1, 0.15) is 11.4 Å². The minimum atomic E-state index is -0.223. The van der Waals surface area contributed by atoms with E-state index in [9.17, 15) is 4.79 Å². The van der Waals surface area contributed by atoms with Crippen LogP contribution < -0.4 is 15.4 Å². The molecule has 6 nitrogen and oxygen atoms in total. The monoisotopic (exact) mass is 376 g/mol. The van der Waals surface area contributed by atoms with Crippen molar-refractivity contribution in [1.82, 2.24) is 15.3 Å². The van der Waals surface area contributed by atoms with Crippen molar-refractivity contribution in [1.29, 1.82) is 0 Å². The summed E-state index contributed by atoms with van der Waals surface area (Å²) in [7, 11) is 1.64. The summed E-state index contributed by atoms with van der Waals surface area (Å²) in [5.41, 5.74) is 4.74. The van der Waals surface area contributed by atoms with E-state index in [4.69, 9.17) is 4.74 Å². The molecule has 144 valence electrons. The zero-order chi connectivity index (χ0) is 19.9. The normalized spacial score (nSPS) is 10.4. The van der Waals surface area contributed by atoms with Gasteiger partial charge >= 0.3 is 0 Å². The SMILES string of the molecule is COc1ccc(CCNC(=O)c2ccnc(Nc3ccc(C)c(C)c3)n2)cc1. The van der Waals surface area contributed by atoms with Crippen molar-refractivity contribution in [2.24, 2.45) is 0 Å². The van der Waals surface area contributed by atoms with E-state index in [1.807, 2.05) is 49.4 Å². The quantitative estimate of drug-likeness (QED) is 0.656. The number of carbonyl (C=O) groups is 1. The van der Waals surface area contributed by atoms with E-state index in [-0.39, 0.29) is 5.91 Å². The van der Waals surface area contributed by atoms with Crippen LogP contribution in [0.3, 0.4) is 0 Å². The van der Waals surface area contributed by atoms with Crippen LogP contribution in [-0.2, 0) is 6.42 Å². The van der Waals surface area contributed by atoms with Gasteiger partial charge in [-0.15, -0.1) is 0 Å². The van der Waals surface area contributed by atoms with Gasteiger partial charge in [-0.1, -0.05) is 18.2 Å². The predicted molar refractivity (Wildman–Crippen MR) is 110 cm³/mol. The number of hydrogen-bond donors (Lipinski definition) is 2. The highest BCUT2D eigenvalue weighted by molar-refractivity contribution is 5.92. The molecule has 3 aromatic rings. The van der Waals surface area contributed by atoms with Crippen molar-refractivity contribution in [3.63, 3.8) is 0 Å². The number of anilines is 2. The Bertz CT molecular complexity index is 955. The molecule has 0 aliphatic rings. The summed E-state index contributed by atoms with van der Waals surface area (Å²) < 4.78 is 5.15. The minimum Gasteiger partial charge on any atom is -0.497 e. The highest BCUT2D eigenvalue weighted by Gasteiger charge is 2.09. The highest BCUT2D eigenvalue weighted by Crippen LogP contribution is 2.17. The first-order valence-corrected chi connectivity index (χ1v) is 9.13. The number of amides is 1. The molecule has 0 saturated heterocycles. The summed E-state index contributed by atoms with van der Waals surface area (Å²) >= 11 is 0. The number of benzene rings is 2. The molecule has 0 bridgehead atoms.